The molecule has 0 saturated heterocycles. The fourth-order valence-corrected chi connectivity index (χ4v) is 7.15. The first-order chi connectivity index (χ1) is 13.5. The highest BCUT2D eigenvalue weighted by Gasteiger charge is 2.54. The van der Waals surface area contributed by atoms with Crippen molar-refractivity contribution in [2.24, 2.45) is 23.2 Å². The Hall–Kier alpha value is -1.84. The molecule has 1 aromatic carbocycles. The maximum Gasteiger partial charge on any atom is 0.226 e. The lowest BCUT2D eigenvalue weighted by Crippen LogP contribution is -2.53. The molecule has 0 aromatic heterocycles. The molecule has 6 rings (SSSR count). The minimum Gasteiger partial charge on any atom is -0.355 e. The Labute approximate surface area is 168 Å². The van der Waals surface area contributed by atoms with Gasteiger partial charge in [-0.25, -0.2) is 0 Å². The predicted molar refractivity (Wildman–Crippen MR) is 109 cm³/mol. The molecule has 0 radical (unpaired) electrons. The Kier molecular flexibility index (Phi) is 4.48. The van der Waals surface area contributed by atoms with Crippen molar-refractivity contribution in [3.05, 3.63) is 35.4 Å². The van der Waals surface area contributed by atoms with Crippen LogP contribution in [0.15, 0.2) is 24.3 Å². The SMILES string of the molecule is CN(C(=O)CCNC(=O)C12CC3CC(CC(C3)C1)C2)C1CCc2ccccc21. The summed E-state index contributed by atoms with van der Waals surface area (Å²) in [7, 11) is 1.91. The van der Waals surface area contributed by atoms with Gasteiger partial charge < -0.3 is 10.2 Å². The molecule has 1 aromatic rings. The van der Waals surface area contributed by atoms with Crippen LogP contribution in [0.2, 0.25) is 0 Å². The number of aryl methyl sites for hydroxylation is 1. The van der Waals surface area contributed by atoms with Crippen LogP contribution in [0.4, 0.5) is 0 Å². The summed E-state index contributed by atoms with van der Waals surface area (Å²) in [4.78, 5) is 27.7. The molecule has 4 heteroatoms. The van der Waals surface area contributed by atoms with E-state index in [2.05, 4.69) is 29.6 Å². The van der Waals surface area contributed by atoms with E-state index in [1.807, 2.05) is 11.9 Å². The van der Waals surface area contributed by atoms with Gasteiger partial charge in [0.2, 0.25) is 11.8 Å². The Morgan fingerprint density at radius 2 is 1.71 bits per heavy atom. The van der Waals surface area contributed by atoms with Crippen molar-refractivity contribution >= 4 is 11.8 Å². The normalized spacial score (nSPS) is 34.9. The third-order valence-corrected chi connectivity index (χ3v) is 8.11. The standard InChI is InChI=1S/C24H32N2O2/c1-26(21-7-6-19-4-2-3-5-20(19)21)22(27)8-9-25-23(28)24-13-16-10-17(14-24)12-18(11-16)15-24/h2-5,16-18,21H,6-15H2,1H3,(H,25,28). The molecule has 4 fully saturated rings. The number of benzene rings is 1. The van der Waals surface area contributed by atoms with Crippen molar-refractivity contribution in [1.82, 2.24) is 10.2 Å². The van der Waals surface area contributed by atoms with Gasteiger partial charge in [-0.2, -0.15) is 0 Å². The van der Waals surface area contributed by atoms with Gasteiger partial charge in [-0.05, 0) is 80.2 Å². The van der Waals surface area contributed by atoms with E-state index in [4.69, 9.17) is 0 Å². The summed E-state index contributed by atoms with van der Waals surface area (Å²) >= 11 is 0. The van der Waals surface area contributed by atoms with Crippen molar-refractivity contribution in [1.29, 1.82) is 0 Å². The van der Waals surface area contributed by atoms with Crippen LogP contribution in [0.1, 0.15) is 68.5 Å². The van der Waals surface area contributed by atoms with E-state index >= 15 is 0 Å². The van der Waals surface area contributed by atoms with Gasteiger partial charge in [0.05, 0.1) is 6.04 Å². The lowest BCUT2D eigenvalue weighted by molar-refractivity contribution is -0.146. The second kappa shape index (κ2) is 6.89. The number of nitrogens with one attached hydrogen (secondary N) is 1. The Balaban J connectivity index is 1.15. The molecular formula is C24H32N2O2. The number of fused-ring (bicyclic) bond motifs is 1. The highest BCUT2D eigenvalue weighted by Crippen LogP contribution is 2.60. The Bertz CT molecular complexity index is 751. The third kappa shape index (κ3) is 3.05. The van der Waals surface area contributed by atoms with Gasteiger partial charge in [-0.1, -0.05) is 24.3 Å². The number of carbonyl (C=O) groups is 2. The molecular weight excluding hydrogens is 348 g/mol. The monoisotopic (exact) mass is 380 g/mol. The Morgan fingerprint density at radius 1 is 1.07 bits per heavy atom. The summed E-state index contributed by atoms with van der Waals surface area (Å²) in [5, 5.41) is 3.15. The zero-order valence-corrected chi connectivity index (χ0v) is 17.0. The molecule has 4 saturated carbocycles. The fraction of sp³-hybridized carbons (Fsp3) is 0.667. The van der Waals surface area contributed by atoms with Crippen LogP contribution in [-0.2, 0) is 16.0 Å². The highest BCUT2D eigenvalue weighted by atomic mass is 16.2. The van der Waals surface area contributed by atoms with E-state index in [0.29, 0.717) is 13.0 Å². The molecule has 1 unspecified atom stereocenters. The first-order valence-electron chi connectivity index (χ1n) is 11.2. The smallest absolute Gasteiger partial charge is 0.226 e. The van der Waals surface area contributed by atoms with E-state index in [0.717, 1.165) is 49.9 Å². The van der Waals surface area contributed by atoms with Crippen LogP contribution in [0.25, 0.3) is 0 Å². The summed E-state index contributed by atoms with van der Waals surface area (Å²) < 4.78 is 0. The number of hydrogen-bond acceptors (Lipinski definition) is 2. The summed E-state index contributed by atoms with van der Waals surface area (Å²) in [5.41, 5.74) is 2.53. The molecule has 28 heavy (non-hydrogen) atoms. The van der Waals surface area contributed by atoms with Crippen molar-refractivity contribution in [2.75, 3.05) is 13.6 Å². The van der Waals surface area contributed by atoms with Crippen LogP contribution in [0.5, 0.6) is 0 Å². The van der Waals surface area contributed by atoms with Crippen LogP contribution < -0.4 is 5.32 Å². The van der Waals surface area contributed by atoms with Crippen molar-refractivity contribution in [3.63, 3.8) is 0 Å². The molecule has 4 nitrogen and oxygen atoms in total. The lowest BCUT2D eigenvalue weighted by atomic mass is 9.49. The maximum absolute atomic E-state index is 13.0. The van der Waals surface area contributed by atoms with Crippen LogP contribution >= 0.6 is 0 Å². The minimum absolute atomic E-state index is 0.117. The summed E-state index contributed by atoms with van der Waals surface area (Å²) in [6.07, 6.45) is 9.72. The van der Waals surface area contributed by atoms with Gasteiger partial charge in [0.15, 0.2) is 0 Å². The van der Waals surface area contributed by atoms with E-state index < -0.39 is 0 Å². The molecule has 1 N–H and O–H groups in total. The van der Waals surface area contributed by atoms with Gasteiger partial charge in [-0.3, -0.25) is 9.59 Å². The number of rotatable bonds is 5. The summed E-state index contributed by atoms with van der Waals surface area (Å²) in [6, 6.07) is 8.62. The Morgan fingerprint density at radius 3 is 2.39 bits per heavy atom. The van der Waals surface area contributed by atoms with E-state index in [9.17, 15) is 9.59 Å². The second-order valence-corrected chi connectivity index (χ2v) is 9.96. The van der Waals surface area contributed by atoms with Gasteiger partial charge in [-0.15, -0.1) is 0 Å². The molecule has 1 atom stereocenters. The van der Waals surface area contributed by atoms with Crippen LogP contribution in [0, 0.1) is 23.2 Å². The molecule has 2 amide bonds. The second-order valence-electron chi connectivity index (χ2n) is 9.96. The zero-order chi connectivity index (χ0) is 19.3. The van der Waals surface area contributed by atoms with Gasteiger partial charge in [0.25, 0.3) is 0 Å². The number of amides is 2. The quantitative estimate of drug-likeness (QED) is 0.843. The number of hydrogen-bond donors (Lipinski definition) is 1. The van der Waals surface area contributed by atoms with Gasteiger partial charge in [0.1, 0.15) is 0 Å². The van der Waals surface area contributed by atoms with E-state index in [1.54, 1.807) is 0 Å². The summed E-state index contributed by atoms with van der Waals surface area (Å²) in [5.74, 6) is 2.67. The zero-order valence-electron chi connectivity index (χ0n) is 17.0. The maximum atomic E-state index is 13.0. The van der Waals surface area contributed by atoms with Crippen molar-refractivity contribution in [2.45, 2.75) is 63.8 Å². The van der Waals surface area contributed by atoms with Crippen molar-refractivity contribution in [3.8, 4) is 0 Å². The molecule has 0 spiro atoms. The molecule has 4 bridgehead atoms. The highest BCUT2D eigenvalue weighted by molar-refractivity contribution is 5.84. The third-order valence-electron chi connectivity index (χ3n) is 8.11. The largest absolute Gasteiger partial charge is 0.355 e. The average molecular weight is 381 g/mol. The molecule has 0 aliphatic heterocycles. The van der Waals surface area contributed by atoms with Crippen molar-refractivity contribution < 1.29 is 9.59 Å². The average Bonchev–Trinajstić information content (AvgIpc) is 3.10. The molecule has 5 aliphatic carbocycles. The first-order valence-corrected chi connectivity index (χ1v) is 11.2. The summed E-state index contributed by atoms with van der Waals surface area (Å²) in [6.45, 7) is 0.470. The first kappa shape index (κ1) is 18.2. The lowest BCUT2D eigenvalue weighted by Gasteiger charge is -2.55. The topological polar surface area (TPSA) is 49.4 Å². The fourth-order valence-electron chi connectivity index (χ4n) is 7.15. The molecule has 150 valence electrons. The van der Waals surface area contributed by atoms with Crippen LogP contribution in [0.3, 0.4) is 0 Å². The van der Waals surface area contributed by atoms with Gasteiger partial charge >= 0.3 is 0 Å². The van der Waals surface area contributed by atoms with Crippen LogP contribution in [-0.4, -0.2) is 30.3 Å². The van der Waals surface area contributed by atoms with E-state index in [-0.39, 0.29) is 23.3 Å². The van der Waals surface area contributed by atoms with E-state index in [1.165, 1.54) is 30.4 Å². The molecule has 0 heterocycles. The predicted octanol–water partition coefficient (Wildman–Crippen LogP) is 3.86. The molecule has 5 aliphatic rings. The minimum atomic E-state index is -0.117. The number of nitrogens with zero attached hydrogens (tertiary/aromatic N) is 1. The van der Waals surface area contributed by atoms with Gasteiger partial charge in [0, 0.05) is 25.4 Å². The number of carbonyl (C=O) groups excluding carboxylic acids is 2.